The van der Waals surface area contributed by atoms with Gasteiger partial charge >= 0.3 is 0 Å². The first kappa shape index (κ1) is 22.1. The van der Waals surface area contributed by atoms with Crippen molar-refractivity contribution in [1.29, 1.82) is 0 Å². The lowest BCUT2D eigenvalue weighted by Crippen LogP contribution is -2.26. The van der Waals surface area contributed by atoms with Crippen LogP contribution in [0.3, 0.4) is 0 Å². The largest absolute Gasteiger partial charge is 0.493 e. The molecule has 154 valence electrons. The molecule has 5 nitrogen and oxygen atoms in total. The van der Waals surface area contributed by atoms with Gasteiger partial charge in [-0.05, 0) is 72.2 Å². The average Bonchev–Trinajstić information content (AvgIpc) is 3.23. The Morgan fingerprint density at radius 2 is 2.00 bits per heavy atom. The maximum Gasteiger partial charge on any atom is 0.262 e. The minimum Gasteiger partial charge on any atom is -0.493 e. The van der Waals surface area contributed by atoms with Gasteiger partial charge in [0, 0.05) is 29.4 Å². The van der Waals surface area contributed by atoms with Crippen LogP contribution in [-0.2, 0) is 4.79 Å². The minimum atomic E-state index is -0.278. The molecule has 29 heavy (non-hydrogen) atoms. The summed E-state index contributed by atoms with van der Waals surface area (Å²) >= 11 is 13.9. The molecular weight excluding hydrogens is 523 g/mol. The number of nitrogens with one attached hydrogen (secondary N) is 1. The van der Waals surface area contributed by atoms with Crippen LogP contribution >= 0.6 is 46.4 Å². The van der Waals surface area contributed by atoms with Crippen LogP contribution in [0.2, 0.25) is 5.02 Å². The van der Waals surface area contributed by atoms with Crippen LogP contribution in [0.4, 0.5) is 5.69 Å². The van der Waals surface area contributed by atoms with Crippen LogP contribution in [0.1, 0.15) is 24.0 Å². The molecule has 1 heterocycles. The van der Waals surface area contributed by atoms with Gasteiger partial charge in [-0.3, -0.25) is 4.79 Å². The predicted octanol–water partition coefficient (Wildman–Crippen LogP) is 5.05. The van der Waals surface area contributed by atoms with Crippen LogP contribution in [0.25, 0.3) is 0 Å². The van der Waals surface area contributed by atoms with Crippen LogP contribution in [-0.4, -0.2) is 42.6 Å². The van der Waals surface area contributed by atoms with E-state index in [-0.39, 0.29) is 12.5 Å². The normalized spacial score (nSPS) is 13.3. The van der Waals surface area contributed by atoms with E-state index in [4.69, 9.17) is 33.3 Å². The molecule has 1 aliphatic heterocycles. The number of hydrogen-bond acceptors (Lipinski definition) is 4. The van der Waals surface area contributed by atoms with E-state index in [1.807, 2.05) is 25.1 Å². The second-order valence-electron chi connectivity index (χ2n) is 6.79. The van der Waals surface area contributed by atoms with Gasteiger partial charge in [0.25, 0.3) is 5.91 Å². The molecule has 1 fully saturated rings. The number of rotatable bonds is 6. The van der Waals surface area contributed by atoms with Crippen molar-refractivity contribution in [2.24, 2.45) is 0 Å². The maximum absolute atomic E-state index is 12.3. The Kier molecular flexibility index (Phi) is 7.59. The smallest absolute Gasteiger partial charge is 0.262 e. The number of nitrogens with zero attached hydrogens (tertiary/aromatic N) is 1. The molecular formula is C21H22ClIN2O3S. The molecule has 3 rings (SSSR count). The summed E-state index contributed by atoms with van der Waals surface area (Å²) in [5.74, 6) is 0.803. The van der Waals surface area contributed by atoms with Gasteiger partial charge in [0.15, 0.2) is 18.1 Å². The number of benzene rings is 2. The van der Waals surface area contributed by atoms with Gasteiger partial charge in [-0.25, -0.2) is 0 Å². The summed E-state index contributed by atoms with van der Waals surface area (Å²) in [5.41, 5.74) is 2.50. The van der Waals surface area contributed by atoms with Gasteiger partial charge < -0.3 is 19.7 Å². The lowest BCUT2D eigenvalue weighted by molar-refractivity contribution is -0.118. The number of amides is 1. The predicted molar refractivity (Wildman–Crippen MR) is 129 cm³/mol. The summed E-state index contributed by atoms with van der Waals surface area (Å²) in [7, 11) is 1.58. The molecule has 0 atom stereocenters. The highest BCUT2D eigenvalue weighted by molar-refractivity contribution is 14.1. The second-order valence-corrected chi connectivity index (χ2v) is 8.75. The first-order valence-corrected chi connectivity index (χ1v) is 11.1. The Bertz CT molecular complexity index is 932. The molecule has 0 radical (unpaired) electrons. The van der Waals surface area contributed by atoms with E-state index < -0.39 is 0 Å². The number of thiocarbonyl (C=S) groups is 1. The van der Waals surface area contributed by atoms with E-state index >= 15 is 0 Å². The highest BCUT2D eigenvalue weighted by atomic mass is 127. The summed E-state index contributed by atoms with van der Waals surface area (Å²) in [5, 5.41) is 3.39. The fourth-order valence-corrected chi connectivity index (χ4v) is 4.33. The van der Waals surface area contributed by atoms with Crippen molar-refractivity contribution in [1.82, 2.24) is 4.90 Å². The summed E-state index contributed by atoms with van der Waals surface area (Å²) in [4.78, 5) is 15.3. The zero-order valence-corrected chi connectivity index (χ0v) is 20.0. The lowest BCUT2D eigenvalue weighted by Gasteiger charge is -2.20. The van der Waals surface area contributed by atoms with Gasteiger partial charge in [0.2, 0.25) is 0 Å². The fourth-order valence-electron chi connectivity index (χ4n) is 3.09. The maximum atomic E-state index is 12.3. The molecule has 2 aromatic carbocycles. The van der Waals surface area contributed by atoms with E-state index in [0.29, 0.717) is 22.2 Å². The molecule has 1 aliphatic rings. The summed E-state index contributed by atoms with van der Waals surface area (Å²) in [6.45, 7) is 3.73. The van der Waals surface area contributed by atoms with Crippen molar-refractivity contribution in [3.63, 3.8) is 0 Å². The average molecular weight is 545 g/mol. The molecule has 0 saturated carbocycles. The van der Waals surface area contributed by atoms with Crippen LogP contribution in [0.15, 0.2) is 30.3 Å². The van der Waals surface area contributed by atoms with Crippen LogP contribution in [0, 0.1) is 10.5 Å². The molecule has 0 spiro atoms. The van der Waals surface area contributed by atoms with Gasteiger partial charge in [-0.1, -0.05) is 29.9 Å². The number of ether oxygens (including phenoxy) is 2. The molecule has 0 aliphatic carbocycles. The number of halogens is 2. The quantitative estimate of drug-likeness (QED) is 0.407. The standard InChI is InChI=1S/C21H22ClIN2O3S/c1-13-5-6-15(11-16(13)22)24-19(26)12-28-20-17(23)9-14(10-18(20)27-2)21(29)25-7-3-4-8-25/h5-6,9-11H,3-4,7-8,12H2,1-2H3,(H,24,26). The number of aryl methyl sites for hydroxylation is 1. The van der Waals surface area contributed by atoms with Crippen molar-refractivity contribution >= 4 is 63.0 Å². The van der Waals surface area contributed by atoms with E-state index in [1.54, 1.807) is 19.2 Å². The molecule has 1 amide bonds. The molecule has 0 bridgehead atoms. The van der Waals surface area contributed by atoms with Crippen molar-refractivity contribution in [3.05, 3.63) is 50.1 Å². The summed E-state index contributed by atoms with van der Waals surface area (Å²) in [6, 6.07) is 9.21. The van der Waals surface area contributed by atoms with Crippen molar-refractivity contribution in [3.8, 4) is 11.5 Å². The zero-order valence-electron chi connectivity index (χ0n) is 16.3. The topological polar surface area (TPSA) is 50.8 Å². The third kappa shape index (κ3) is 5.52. The SMILES string of the molecule is COc1cc(C(=S)N2CCCC2)cc(I)c1OCC(=O)Nc1ccc(C)c(Cl)c1. The number of anilines is 1. The zero-order chi connectivity index (χ0) is 21.0. The Hall–Kier alpha value is -1.58. The number of hydrogen-bond donors (Lipinski definition) is 1. The molecule has 0 unspecified atom stereocenters. The van der Waals surface area contributed by atoms with Crippen molar-refractivity contribution < 1.29 is 14.3 Å². The van der Waals surface area contributed by atoms with Crippen LogP contribution < -0.4 is 14.8 Å². The van der Waals surface area contributed by atoms with E-state index in [1.165, 1.54) is 0 Å². The summed E-state index contributed by atoms with van der Waals surface area (Å²) < 4.78 is 12.1. The Morgan fingerprint density at radius 3 is 2.66 bits per heavy atom. The first-order chi connectivity index (χ1) is 13.9. The molecule has 1 N–H and O–H groups in total. The fraction of sp³-hybridized carbons (Fsp3) is 0.333. The second kappa shape index (κ2) is 9.95. The van der Waals surface area contributed by atoms with Gasteiger partial charge in [0.1, 0.15) is 4.99 Å². The Balaban J connectivity index is 1.68. The van der Waals surface area contributed by atoms with Crippen molar-refractivity contribution in [2.75, 3.05) is 32.1 Å². The van der Waals surface area contributed by atoms with Crippen molar-refractivity contribution in [2.45, 2.75) is 19.8 Å². The molecule has 8 heteroatoms. The van der Waals surface area contributed by atoms with E-state index in [9.17, 15) is 4.79 Å². The van der Waals surface area contributed by atoms with Gasteiger partial charge in [-0.2, -0.15) is 0 Å². The number of carbonyl (C=O) groups excluding carboxylic acids is 1. The number of carbonyl (C=O) groups is 1. The van der Waals surface area contributed by atoms with E-state index in [0.717, 1.165) is 45.6 Å². The molecule has 0 aromatic heterocycles. The highest BCUT2D eigenvalue weighted by Crippen LogP contribution is 2.35. The van der Waals surface area contributed by atoms with Crippen LogP contribution in [0.5, 0.6) is 11.5 Å². The number of likely N-dealkylation sites (tertiary alicyclic amines) is 1. The molecule has 2 aromatic rings. The van der Waals surface area contributed by atoms with Gasteiger partial charge in [-0.15, -0.1) is 0 Å². The third-order valence-corrected chi connectivity index (χ3v) is 6.38. The molecule has 1 saturated heterocycles. The third-order valence-electron chi connectivity index (χ3n) is 4.67. The minimum absolute atomic E-state index is 0.145. The number of methoxy groups -OCH3 is 1. The van der Waals surface area contributed by atoms with Gasteiger partial charge in [0.05, 0.1) is 10.7 Å². The lowest BCUT2D eigenvalue weighted by atomic mass is 10.2. The first-order valence-electron chi connectivity index (χ1n) is 9.24. The highest BCUT2D eigenvalue weighted by Gasteiger charge is 2.20. The summed E-state index contributed by atoms with van der Waals surface area (Å²) in [6.07, 6.45) is 2.33. The van der Waals surface area contributed by atoms with E-state index in [2.05, 4.69) is 32.8 Å². The Labute approximate surface area is 194 Å². The Morgan fingerprint density at radius 1 is 1.28 bits per heavy atom. The monoisotopic (exact) mass is 544 g/mol.